The molecule has 0 fully saturated rings. The Bertz CT molecular complexity index is 2110. The minimum Gasteiger partial charge on any atom is -0.460 e. The highest BCUT2D eigenvalue weighted by atomic mass is 32.7. The van der Waals surface area contributed by atoms with Crippen molar-refractivity contribution in [2.75, 3.05) is 71.5 Å². The molecule has 23 nitrogen and oxygen atoms in total. The van der Waals surface area contributed by atoms with Crippen LogP contribution in [0.1, 0.15) is 127 Å². The average molecular weight is 1350 g/mol. The number of hydrogen-bond acceptors (Lipinski definition) is 24. The lowest BCUT2D eigenvalue weighted by Crippen LogP contribution is -2.42. The summed E-state index contributed by atoms with van der Waals surface area (Å²) in [5, 5.41) is 11.3. The van der Waals surface area contributed by atoms with Crippen molar-refractivity contribution in [3.8, 4) is 0 Å². The molecule has 2 heterocycles. The minimum absolute atomic E-state index is 0.0306. The average Bonchev–Trinajstić information content (AvgIpc) is 3.95. The van der Waals surface area contributed by atoms with E-state index < -0.39 is 41.2 Å². The van der Waals surface area contributed by atoms with E-state index in [1.165, 1.54) is 31.4 Å². The van der Waals surface area contributed by atoms with E-state index in [0.29, 0.717) is 77.7 Å². The van der Waals surface area contributed by atoms with Crippen LogP contribution in [-0.2, 0) is 126 Å². The molecule has 2 aliphatic heterocycles. The monoisotopic (exact) mass is 1350 g/mol. The SMILES string of the molecule is CC(C)(C)OC(=O)CCP=S.CC(C)(C)OC(=O)CCP=S.CC(C)(C)OC(=O)CNC(CCCCNC(=O)CCN1C(=O)C=CC1=O)C(=O)CP=S.CN.NCNC(CCCCNC(=O)CCN1C(=O)C=CC1=O)C(=O)CN.S=PP=S. The van der Waals surface area contributed by atoms with Crippen LogP contribution in [0, 0.1) is 0 Å². The number of amides is 6. The molecular formula is C50H86N9O14P5S5. The quantitative estimate of drug-likeness (QED) is 0.0120. The second kappa shape index (κ2) is 52.0. The van der Waals surface area contributed by atoms with Crippen LogP contribution in [-0.4, -0.2) is 175 Å². The summed E-state index contributed by atoms with van der Waals surface area (Å²) in [7, 11) is 5.44. The molecule has 6 amide bonds. The molecule has 83 heavy (non-hydrogen) atoms. The molecule has 0 bridgehead atoms. The number of ketones is 2. The standard InChI is InChI=1S/C20H30N3O6PS.C15H25N5O4.2C7H13O2PS.CH5N.P2S2/c1-20(2,3)29-19(28)12-22-14(15(24)13-30-31)6-4-5-10-21-16(25)9-11-23-17(26)7-8-18(23)27;16-9-12(21)11(19-10-17)3-1-2-7-18-13(22)6-8-20-14(23)4-5-15(20)24;2*1-7(2,3)9-6(8)4-5-10-11;1-2;3-1-2-4/h7-8,14,22H,4-6,9-13H2,1-3H3,(H,21,25);4-5,11,19H,1-3,6-10,16-17H2,(H,18,22);2*4-5H2,1-3H3;2H2,1H3;. The van der Waals surface area contributed by atoms with E-state index in [-0.39, 0.29) is 104 Å². The number of carbonyl (C=O) groups is 11. The Morgan fingerprint density at radius 1 is 0.518 bits per heavy atom. The lowest BCUT2D eigenvalue weighted by atomic mass is 10.1. The molecule has 470 valence electrons. The number of carbonyl (C=O) groups excluding carboxylic acids is 11. The largest absolute Gasteiger partial charge is 0.460 e. The number of esters is 3. The van der Waals surface area contributed by atoms with Crippen LogP contribution in [0.5, 0.6) is 0 Å². The van der Waals surface area contributed by atoms with Gasteiger partial charge in [0.05, 0.1) is 44.2 Å². The van der Waals surface area contributed by atoms with E-state index in [1.54, 1.807) is 20.8 Å². The van der Waals surface area contributed by atoms with Gasteiger partial charge in [-0.05, 0) is 154 Å². The van der Waals surface area contributed by atoms with Crippen LogP contribution >= 0.6 is 36.2 Å². The molecule has 0 aromatic heterocycles. The topological polar surface area (TPSA) is 348 Å². The van der Waals surface area contributed by atoms with Crippen LogP contribution < -0.4 is 38.5 Å². The summed E-state index contributed by atoms with van der Waals surface area (Å²) in [6.07, 6.45) is 11.2. The van der Waals surface area contributed by atoms with Gasteiger partial charge in [-0.15, -0.1) is 0 Å². The molecule has 0 saturated heterocycles. The Morgan fingerprint density at radius 2 is 0.867 bits per heavy atom. The zero-order valence-corrected chi connectivity index (χ0v) is 57.8. The first kappa shape index (κ1) is 86.3. The van der Waals surface area contributed by atoms with Gasteiger partial charge >= 0.3 is 17.9 Å². The maximum atomic E-state index is 12.3. The van der Waals surface area contributed by atoms with E-state index in [0.717, 1.165) is 45.0 Å². The first-order valence-corrected chi connectivity index (χ1v) is 36.9. The van der Waals surface area contributed by atoms with E-state index in [2.05, 4.69) is 74.2 Å². The number of unbranched alkanes of at least 4 members (excludes halogenated alkanes) is 2. The fourth-order valence-electron chi connectivity index (χ4n) is 6.16. The van der Waals surface area contributed by atoms with Gasteiger partial charge in [0.15, 0.2) is 11.6 Å². The highest BCUT2D eigenvalue weighted by Crippen LogP contribution is 2.13. The Labute approximate surface area is 523 Å². The molecule has 2 unspecified atom stereocenters. The number of nitrogens with two attached hydrogens (primary N) is 3. The predicted molar refractivity (Wildman–Crippen MR) is 344 cm³/mol. The third-order valence-electron chi connectivity index (χ3n) is 9.57. The van der Waals surface area contributed by atoms with E-state index in [4.69, 9.17) is 37.5 Å². The van der Waals surface area contributed by atoms with Crippen molar-refractivity contribution in [2.45, 2.75) is 155 Å². The molecule has 0 saturated carbocycles. The van der Waals surface area contributed by atoms with Gasteiger partial charge in [-0.1, -0.05) is 35.4 Å². The molecule has 2 atom stereocenters. The van der Waals surface area contributed by atoms with Gasteiger partial charge in [0.2, 0.25) is 11.8 Å². The fraction of sp³-hybridized carbons (Fsp3) is 0.700. The van der Waals surface area contributed by atoms with Gasteiger partial charge in [-0.3, -0.25) is 73.2 Å². The summed E-state index contributed by atoms with van der Waals surface area (Å²) in [4.78, 5) is 129. The maximum absolute atomic E-state index is 12.3. The third-order valence-corrected chi connectivity index (χ3v) is 15.0. The van der Waals surface area contributed by atoms with Gasteiger partial charge < -0.3 is 42.0 Å². The van der Waals surface area contributed by atoms with Crippen molar-refractivity contribution in [3.63, 3.8) is 0 Å². The van der Waals surface area contributed by atoms with Crippen LogP contribution in [0.25, 0.3) is 0 Å². The first-order valence-electron chi connectivity index (χ1n) is 26.1. The summed E-state index contributed by atoms with van der Waals surface area (Å²) in [6.45, 7) is 17.6. The predicted octanol–water partition coefficient (Wildman–Crippen LogP) is 4.40. The first-order chi connectivity index (χ1) is 38.8. The van der Waals surface area contributed by atoms with Crippen molar-refractivity contribution in [1.29, 1.82) is 0 Å². The molecule has 2 aliphatic rings. The Morgan fingerprint density at radius 3 is 1.17 bits per heavy atom. The second-order valence-electron chi connectivity index (χ2n) is 20.0. The van der Waals surface area contributed by atoms with Crippen LogP contribution in [0.2, 0.25) is 0 Å². The summed E-state index contributed by atoms with van der Waals surface area (Å²) in [5.41, 5.74) is 13.9. The van der Waals surface area contributed by atoms with Crippen molar-refractivity contribution < 1.29 is 67.0 Å². The highest BCUT2D eigenvalue weighted by Gasteiger charge is 2.26. The molecule has 0 aromatic rings. The Balaban J connectivity index is -0.000000526. The Kier molecular flexibility index (Phi) is 54.1. The molecule has 33 heteroatoms. The van der Waals surface area contributed by atoms with Crippen molar-refractivity contribution in [2.24, 2.45) is 17.2 Å². The van der Waals surface area contributed by atoms with Crippen molar-refractivity contribution >= 4 is 160 Å². The van der Waals surface area contributed by atoms with Gasteiger partial charge in [0.1, 0.15) is 16.8 Å². The number of nitrogens with one attached hydrogen (secondary N) is 4. The lowest BCUT2D eigenvalue weighted by molar-refractivity contribution is -0.155. The number of rotatable bonds is 33. The van der Waals surface area contributed by atoms with E-state index >= 15 is 0 Å². The summed E-state index contributed by atoms with van der Waals surface area (Å²) >= 11 is 23.0. The van der Waals surface area contributed by atoms with Gasteiger partial charge in [-0.25, -0.2) is 0 Å². The van der Waals surface area contributed by atoms with Crippen LogP contribution in [0.4, 0.5) is 0 Å². The molecule has 0 radical (unpaired) electrons. The zero-order chi connectivity index (χ0) is 64.6. The molecular weight excluding hydrogens is 1270 g/mol. The third kappa shape index (κ3) is 52.9. The Hall–Kier alpha value is -3.15. The number of nitrogens with zero attached hydrogens (tertiary/aromatic N) is 2. The molecule has 2 rings (SSSR count). The molecule has 10 N–H and O–H groups in total. The number of imide groups is 2. The van der Waals surface area contributed by atoms with Gasteiger partial charge in [0, 0.05) is 96.4 Å². The summed E-state index contributed by atoms with van der Waals surface area (Å²) < 4.78 is 15.3. The van der Waals surface area contributed by atoms with Crippen molar-refractivity contribution in [1.82, 2.24) is 31.1 Å². The van der Waals surface area contributed by atoms with E-state index in [1.807, 2.05) is 41.5 Å². The molecule has 0 aromatic carbocycles. The summed E-state index contributed by atoms with van der Waals surface area (Å²) in [6, 6.07) is -0.853. The van der Waals surface area contributed by atoms with Crippen LogP contribution in [0.15, 0.2) is 24.3 Å². The fourth-order valence-corrected chi connectivity index (χ4v) is 7.99. The summed E-state index contributed by atoms with van der Waals surface area (Å²) in [5.74, 6) is -2.98. The molecule has 0 spiro atoms. The van der Waals surface area contributed by atoms with E-state index in [9.17, 15) is 52.7 Å². The number of hydrogen-bond donors (Lipinski definition) is 7. The smallest absolute Gasteiger partial charge is 0.320 e. The lowest BCUT2D eigenvalue weighted by Gasteiger charge is -2.21. The zero-order valence-electron chi connectivity index (χ0n) is 49.2. The van der Waals surface area contributed by atoms with Crippen LogP contribution in [0.3, 0.4) is 0 Å². The van der Waals surface area contributed by atoms with Crippen molar-refractivity contribution in [3.05, 3.63) is 24.3 Å². The number of ether oxygens (including phenoxy) is 3. The second-order valence-corrected chi connectivity index (χ2v) is 28.5. The number of Topliss-reactive ketones (excluding diaryl/α,β-unsaturated/α-hetero) is 2. The normalized spacial score (nSPS) is 13.4. The van der Waals surface area contributed by atoms with Gasteiger partial charge in [0.25, 0.3) is 23.6 Å². The van der Waals surface area contributed by atoms with Gasteiger partial charge in [-0.2, -0.15) is 0 Å². The maximum Gasteiger partial charge on any atom is 0.320 e. The minimum atomic E-state index is -0.596. The highest BCUT2D eigenvalue weighted by molar-refractivity contribution is 8.40. The molecule has 0 aliphatic carbocycles.